The number of benzene rings is 1. The lowest BCUT2D eigenvalue weighted by Gasteiger charge is -2.37. The van der Waals surface area contributed by atoms with E-state index >= 15 is 0 Å². The van der Waals surface area contributed by atoms with Crippen LogP contribution in [-0.2, 0) is 0 Å². The normalized spacial score (nSPS) is 18.8. The van der Waals surface area contributed by atoms with Crippen LogP contribution in [0.2, 0.25) is 0 Å². The Morgan fingerprint density at radius 3 is 2.89 bits per heavy atom. The van der Waals surface area contributed by atoms with Gasteiger partial charge in [-0.2, -0.15) is 0 Å². The van der Waals surface area contributed by atoms with E-state index < -0.39 is 6.10 Å². The number of amides is 3. The molecule has 9 nitrogen and oxygen atoms in total. The van der Waals surface area contributed by atoms with Crippen molar-refractivity contribution in [3.8, 4) is 11.6 Å². The van der Waals surface area contributed by atoms with E-state index in [0.29, 0.717) is 23.5 Å². The number of nitrogens with one attached hydrogen (secondary N) is 1. The van der Waals surface area contributed by atoms with Gasteiger partial charge in [0.2, 0.25) is 5.88 Å². The summed E-state index contributed by atoms with van der Waals surface area (Å²) in [4.78, 5) is 33.9. The third-order valence-electron chi connectivity index (χ3n) is 6.02. The quantitative estimate of drug-likeness (QED) is 0.626. The summed E-state index contributed by atoms with van der Waals surface area (Å²) in [6, 6.07) is 8.19. The summed E-state index contributed by atoms with van der Waals surface area (Å²) in [6.45, 7) is 6.12. The second-order valence-corrected chi connectivity index (χ2v) is 8.79. The molecule has 3 amide bonds. The molecule has 0 saturated heterocycles. The number of ether oxygens (including phenoxy) is 2. The molecule has 1 aromatic carbocycles. The summed E-state index contributed by atoms with van der Waals surface area (Å²) in [6.07, 6.45) is 4.94. The van der Waals surface area contributed by atoms with Gasteiger partial charge in [-0.05, 0) is 37.6 Å². The molecule has 0 bridgehead atoms. The average molecular weight is 483 g/mol. The van der Waals surface area contributed by atoms with Crippen molar-refractivity contribution in [3.63, 3.8) is 0 Å². The first-order valence-corrected chi connectivity index (χ1v) is 11.6. The van der Waals surface area contributed by atoms with Gasteiger partial charge in [0.05, 0.1) is 26.3 Å². The van der Waals surface area contributed by atoms with E-state index in [-0.39, 0.29) is 42.9 Å². The van der Waals surface area contributed by atoms with Crippen molar-refractivity contribution in [2.45, 2.75) is 32.9 Å². The van der Waals surface area contributed by atoms with E-state index in [1.54, 1.807) is 62.5 Å². The molecule has 0 radical (unpaired) electrons. The Bertz CT molecular complexity index is 1070. The van der Waals surface area contributed by atoms with Crippen LogP contribution >= 0.6 is 0 Å². The molecule has 9 heteroatoms. The largest absolute Gasteiger partial charge is 0.497 e. The zero-order chi connectivity index (χ0) is 25.5. The number of nitrogens with zero attached hydrogens (tertiary/aromatic N) is 3. The van der Waals surface area contributed by atoms with Crippen molar-refractivity contribution in [2.24, 2.45) is 5.92 Å². The molecule has 0 spiro atoms. The highest BCUT2D eigenvalue weighted by molar-refractivity contribution is 5.97. The van der Waals surface area contributed by atoms with Crippen LogP contribution in [0.1, 0.15) is 36.7 Å². The summed E-state index contributed by atoms with van der Waals surface area (Å²) >= 11 is 0. The molecule has 1 aliphatic heterocycles. The highest BCUT2D eigenvalue weighted by Gasteiger charge is 2.34. The van der Waals surface area contributed by atoms with Gasteiger partial charge in [0, 0.05) is 37.5 Å². The van der Waals surface area contributed by atoms with Gasteiger partial charge in [0.1, 0.15) is 17.4 Å². The van der Waals surface area contributed by atoms with E-state index in [1.165, 1.54) is 4.90 Å². The molecule has 0 aliphatic carbocycles. The van der Waals surface area contributed by atoms with Crippen molar-refractivity contribution < 1.29 is 24.2 Å². The highest BCUT2D eigenvalue weighted by atomic mass is 16.5. The van der Waals surface area contributed by atoms with Gasteiger partial charge >= 0.3 is 6.03 Å². The number of likely N-dealkylation sites (N-methyl/N-ethyl adjacent to an activating group) is 1. The van der Waals surface area contributed by atoms with Gasteiger partial charge in [-0.25, -0.2) is 9.78 Å². The Hall–Kier alpha value is -3.59. The molecule has 2 aromatic rings. The van der Waals surface area contributed by atoms with Crippen LogP contribution in [0.3, 0.4) is 0 Å². The predicted molar refractivity (Wildman–Crippen MR) is 135 cm³/mol. The maximum Gasteiger partial charge on any atom is 0.321 e. The number of urea groups is 1. The van der Waals surface area contributed by atoms with Crippen LogP contribution in [0.15, 0.2) is 42.6 Å². The van der Waals surface area contributed by atoms with Gasteiger partial charge in [0.25, 0.3) is 5.91 Å². The maximum absolute atomic E-state index is 13.4. The Labute approximate surface area is 206 Å². The molecule has 2 heterocycles. The molecule has 1 aromatic heterocycles. The number of pyridine rings is 1. The Morgan fingerprint density at radius 1 is 1.43 bits per heavy atom. The molecule has 35 heavy (non-hydrogen) atoms. The van der Waals surface area contributed by atoms with Crippen molar-refractivity contribution >= 4 is 23.7 Å². The standard InChI is InChI=1S/C26H34N4O5/c1-6-8-19-11-22-24(27-13-19)35-23(17(2)14-30(25(22)32)18(3)16-31)15-29(4)26(33)28-20-9-7-10-21(12-20)34-5/h6-13,17-18,23,31H,14-16H2,1-5H3,(H,28,33)/b8-6+/t17-,18-,23+/m0/s1. The maximum atomic E-state index is 13.4. The molecule has 0 fully saturated rings. The molecule has 0 saturated carbocycles. The smallest absolute Gasteiger partial charge is 0.321 e. The summed E-state index contributed by atoms with van der Waals surface area (Å²) in [7, 11) is 3.26. The average Bonchev–Trinajstić information content (AvgIpc) is 2.86. The predicted octanol–water partition coefficient (Wildman–Crippen LogP) is 3.51. The first-order chi connectivity index (χ1) is 16.8. The van der Waals surface area contributed by atoms with Crippen LogP contribution in [-0.4, -0.2) is 77.8 Å². The van der Waals surface area contributed by atoms with E-state index in [4.69, 9.17) is 9.47 Å². The number of hydrogen-bond donors (Lipinski definition) is 2. The SMILES string of the molecule is C/C=C/c1cnc2c(c1)C(=O)N([C@@H](C)CO)C[C@H](C)[C@@H](CN(C)C(=O)Nc1cccc(OC)c1)O2. The lowest BCUT2D eigenvalue weighted by Crippen LogP contribution is -2.50. The summed E-state index contributed by atoms with van der Waals surface area (Å²) < 4.78 is 11.5. The van der Waals surface area contributed by atoms with Crippen LogP contribution < -0.4 is 14.8 Å². The van der Waals surface area contributed by atoms with Crippen molar-refractivity contribution in [2.75, 3.05) is 39.2 Å². The molecule has 2 N–H and O–H groups in total. The number of anilines is 1. The van der Waals surface area contributed by atoms with Crippen molar-refractivity contribution in [1.82, 2.24) is 14.8 Å². The topological polar surface area (TPSA) is 104 Å². The monoisotopic (exact) mass is 482 g/mol. The molecule has 1 aliphatic rings. The lowest BCUT2D eigenvalue weighted by atomic mass is 10.00. The minimum atomic E-state index is -0.434. The van der Waals surface area contributed by atoms with Gasteiger partial charge in [0.15, 0.2) is 0 Å². The van der Waals surface area contributed by atoms with Gasteiger partial charge in [-0.3, -0.25) is 4.79 Å². The van der Waals surface area contributed by atoms with Gasteiger partial charge in [-0.15, -0.1) is 0 Å². The number of aliphatic hydroxyl groups is 1. The van der Waals surface area contributed by atoms with Crippen LogP contribution in [0.25, 0.3) is 6.08 Å². The van der Waals surface area contributed by atoms with Gasteiger partial charge in [-0.1, -0.05) is 25.1 Å². The number of methoxy groups -OCH3 is 1. The first-order valence-electron chi connectivity index (χ1n) is 11.6. The fourth-order valence-corrected chi connectivity index (χ4v) is 3.89. The number of aromatic nitrogens is 1. The number of rotatable bonds is 7. The Kier molecular flexibility index (Phi) is 8.70. The minimum absolute atomic E-state index is 0.134. The Balaban J connectivity index is 1.85. The zero-order valence-corrected chi connectivity index (χ0v) is 20.9. The lowest BCUT2D eigenvalue weighted by molar-refractivity contribution is 0.0356. The molecule has 0 unspecified atom stereocenters. The fraction of sp³-hybridized carbons (Fsp3) is 0.423. The summed E-state index contributed by atoms with van der Waals surface area (Å²) in [5.74, 6) is 0.488. The third-order valence-corrected chi connectivity index (χ3v) is 6.02. The van der Waals surface area contributed by atoms with E-state index in [9.17, 15) is 14.7 Å². The number of fused-ring (bicyclic) bond motifs is 1. The molecule has 3 rings (SSSR count). The second kappa shape index (κ2) is 11.7. The molecule has 188 valence electrons. The van der Waals surface area contributed by atoms with E-state index in [2.05, 4.69) is 10.3 Å². The number of hydrogen-bond acceptors (Lipinski definition) is 6. The minimum Gasteiger partial charge on any atom is -0.497 e. The van der Waals surface area contributed by atoms with E-state index in [1.807, 2.05) is 26.0 Å². The van der Waals surface area contributed by atoms with E-state index in [0.717, 1.165) is 5.56 Å². The fourth-order valence-electron chi connectivity index (χ4n) is 3.89. The van der Waals surface area contributed by atoms with Crippen LogP contribution in [0.4, 0.5) is 10.5 Å². The van der Waals surface area contributed by atoms with Gasteiger partial charge < -0.3 is 29.7 Å². The third kappa shape index (κ3) is 6.30. The first kappa shape index (κ1) is 26.0. The molecule has 3 atom stereocenters. The van der Waals surface area contributed by atoms with Crippen LogP contribution in [0.5, 0.6) is 11.6 Å². The number of carbonyl (C=O) groups is 2. The van der Waals surface area contributed by atoms with Crippen LogP contribution in [0, 0.1) is 5.92 Å². The highest BCUT2D eigenvalue weighted by Crippen LogP contribution is 2.28. The second-order valence-electron chi connectivity index (χ2n) is 8.79. The number of aliphatic hydroxyl groups excluding tert-OH is 1. The Morgan fingerprint density at radius 2 is 2.20 bits per heavy atom. The molecular weight excluding hydrogens is 448 g/mol. The zero-order valence-electron chi connectivity index (χ0n) is 20.9. The summed E-state index contributed by atoms with van der Waals surface area (Å²) in [5, 5.41) is 12.6. The summed E-state index contributed by atoms with van der Waals surface area (Å²) in [5.41, 5.74) is 1.73. The molecular formula is C26H34N4O5. The van der Waals surface area contributed by atoms with Crippen molar-refractivity contribution in [1.29, 1.82) is 0 Å². The number of carbonyl (C=O) groups excluding carboxylic acids is 2. The number of allylic oxidation sites excluding steroid dienone is 1. The van der Waals surface area contributed by atoms with Crippen molar-refractivity contribution in [3.05, 3.63) is 53.7 Å².